The molecule has 0 saturated heterocycles. The first-order chi connectivity index (χ1) is 12.7. The molecule has 0 spiro atoms. The first-order valence-electron chi connectivity index (χ1n) is 8.27. The summed E-state index contributed by atoms with van der Waals surface area (Å²) >= 11 is 1.62. The highest BCUT2D eigenvalue weighted by atomic mass is 32.2. The van der Waals surface area contributed by atoms with Crippen LogP contribution in [0.5, 0.6) is 5.75 Å². The molecule has 2 aromatic rings. The fourth-order valence-corrected chi connectivity index (χ4v) is 4.22. The van der Waals surface area contributed by atoms with Crippen LogP contribution in [0.1, 0.15) is 10.8 Å². The van der Waals surface area contributed by atoms with Crippen molar-refractivity contribution in [1.29, 1.82) is 0 Å². The summed E-state index contributed by atoms with van der Waals surface area (Å²) in [6.45, 7) is 7.81. The molecule has 26 heavy (non-hydrogen) atoms. The lowest BCUT2D eigenvalue weighted by atomic mass is 10.1. The smallest absolute Gasteiger partial charge is 0.261 e. The first-order valence-corrected chi connectivity index (χ1v) is 9.15. The maximum Gasteiger partial charge on any atom is 0.261 e. The molecule has 5 heteroatoms. The van der Waals surface area contributed by atoms with Crippen molar-refractivity contribution in [1.82, 2.24) is 0 Å². The minimum absolute atomic E-state index is 0.139. The van der Waals surface area contributed by atoms with Crippen LogP contribution in [-0.2, 0) is 9.53 Å². The van der Waals surface area contributed by atoms with E-state index in [9.17, 15) is 4.79 Å². The zero-order valence-corrected chi connectivity index (χ0v) is 15.4. The lowest BCUT2D eigenvalue weighted by Gasteiger charge is -2.26. The molecule has 1 amide bonds. The van der Waals surface area contributed by atoms with Gasteiger partial charge < -0.3 is 9.47 Å². The highest BCUT2D eigenvalue weighted by molar-refractivity contribution is 7.99. The van der Waals surface area contributed by atoms with Gasteiger partial charge in [0.1, 0.15) is 5.75 Å². The van der Waals surface area contributed by atoms with E-state index >= 15 is 0 Å². The molecule has 1 aliphatic heterocycles. The van der Waals surface area contributed by atoms with E-state index in [4.69, 9.17) is 9.47 Å². The normalized spacial score (nSPS) is 19.4. The highest BCUT2D eigenvalue weighted by Crippen LogP contribution is 2.46. The minimum atomic E-state index is -0.656. The van der Waals surface area contributed by atoms with Crippen molar-refractivity contribution < 1.29 is 14.3 Å². The van der Waals surface area contributed by atoms with Gasteiger partial charge in [0.05, 0.1) is 24.7 Å². The van der Waals surface area contributed by atoms with Crippen LogP contribution < -0.4 is 9.64 Å². The van der Waals surface area contributed by atoms with Gasteiger partial charge >= 0.3 is 0 Å². The van der Waals surface area contributed by atoms with Gasteiger partial charge in [0.15, 0.2) is 6.10 Å². The quantitative estimate of drug-likeness (QED) is 0.700. The van der Waals surface area contributed by atoms with Gasteiger partial charge in [-0.3, -0.25) is 9.69 Å². The Morgan fingerprint density at radius 2 is 1.88 bits per heavy atom. The summed E-state index contributed by atoms with van der Waals surface area (Å²) in [5.41, 5.74) is 1.82. The third-order valence-corrected chi connectivity index (χ3v) is 5.53. The molecule has 4 nitrogen and oxygen atoms in total. The number of para-hydroxylation sites is 1. The fourth-order valence-electron chi connectivity index (χ4n) is 2.89. The molecule has 134 valence electrons. The average Bonchev–Trinajstić information content (AvgIpc) is 2.80. The predicted molar refractivity (Wildman–Crippen MR) is 106 cm³/mol. The number of carbonyl (C=O) groups is 1. The Morgan fingerprint density at radius 1 is 1.15 bits per heavy atom. The van der Waals surface area contributed by atoms with E-state index in [0.717, 1.165) is 21.9 Å². The molecule has 2 aromatic carbocycles. The Kier molecular flexibility index (Phi) is 5.81. The Bertz CT molecular complexity index is 803. The van der Waals surface area contributed by atoms with Crippen LogP contribution in [0.4, 0.5) is 5.69 Å². The second kappa shape index (κ2) is 8.25. The number of carbonyl (C=O) groups excluding carboxylic acids is 1. The van der Waals surface area contributed by atoms with Crippen molar-refractivity contribution in [2.24, 2.45) is 0 Å². The molecule has 0 N–H and O–H groups in total. The molecule has 3 rings (SSSR count). The summed E-state index contributed by atoms with van der Waals surface area (Å²) in [7, 11) is 1.63. The van der Waals surface area contributed by atoms with Crippen molar-refractivity contribution in [2.45, 2.75) is 16.2 Å². The average molecular weight is 367 g/mol. The van der Waals surface area contributed by atoms with E-state index in [0.29, 0.717) is 6.61 Å². The van der Waals surface area contributed by atoms with Crippen molar-refractivity contribution in [3.8, 4) is 5.75 Å². The zero-order valence-electron chi connectivity index (χ0n) is 14.6. The van der Waals surface area contributed by atoms with E-state index in [1.807, 2.05) is 48.5 Å². The Morgan fingerprint density at radius 3 is 2.54 bits per heavy atom. The van der Waals surface area contributed by atoms with Crippen LogP contribution in [-0.4, -0.2) is 25.7 Å². The van der Waals surface area contributed by atoms with Gasteiger partial charge in [0.25, 0.3) is 5.91 Å². The van der Waals surface area contributed by atoms with Crippen LogP contribution in [0.3, 0.4) is 0 Å². The first kappa shape index (κ1) is 18.3. The van der Waals surface area contributed by atoms with Crippen molar-refractivity contribution in [2.75, 3.05) is 18.6 Å². The number of methoxy groups -OCH3 is 1. The van der Waals surface area contributed by atoms with Gasteiger partial charge in [-0.2, -0.15) is 0 Å². The number of hydrogen-bond donors (Lipinski definition) is 0. The van der Waals surface area contributed by atoms with Gasteiger partial charge in [0.2, 0.25) is 0 Å². The number of fused-ring (bicyclic) bond motifs is 1. The second-order valence-electron chi connectivity index (χ2n) is 5.71. The maximum atomic E-state index is 13.2. The van der Waals surface area contributed by atoms with E-state index in [-0.39, 0.29) is 11.2 Å². The third-order valence-electron chi connectivity index (χ3n) is 4.16. The number of rotatable bonds is 6. The molecule has 0 unspecified atom stereocenters. The third kappa shape index (κ3) is 3.54. The molecular weight excluding hydrogens is 346 g/mol. The van der Waals surface area contributed by atoms with E-state index in [1.165, 1.54) is 0 Å². The van der Waals surface area contributed by atoms with Gasteiger partial charge in [0, 0.05) is 11.1 Å². The summed E-state index contributed by atoms with van der Waals surface area (Å²) in [5, 5.41) is -0.195. The number of thioether (sulfide) groups is 1. The molecule has 0 aliphatic carbocycles. The van der Waals surface area contributed by atoms with Crippen LogP contribution in [0, 0.1) is 0 Å². The number of benzene rings is 2. The summed E-state index contributed by atoms with van der Waals surface area (Å²) in [6, 6.07) is 15.5. The fraction of sp³-hybridized carbons (Fsp3) is 0.190. The van der Waals surface area contributed by atoms with Crippen LogP contribution in [0.25, 0.3) is 0 Å². The molecule has 0 saturated carbocycles. The minimum Gasteiger partial charge on any atom is -0.497 e. The molecule has 0 radical (unpaired) electrons. The Balaban J connectivity index is 2.07. The topological polar surface area (TPSA) is 38.8 Å². The molecular formula is C21H21NO3S. The number of nitrogens with zero attached hydrogens (tertiary/aromatic N) is 1. The molecule has 1 heterocycles. The van der Waals surface area contributed by atoms with Gasteiger partial charge in [-0.25, -0.2) is 0 Å². The van der Waals surface area contributed by atoms with Gasteiger partial charge in [-0.05, 0) is 29.8 Å². The monoisotopic (exact) mass is 367 g/mol. The maximum absolute atomic E-state index is 13.2. The number of ether oxygens (including phenoxy) is 2. The summed E-state index contributed by atoms with van der Waals surface area (Å²) < 4.78 is 11.1. The van der Waals surface area contributed by atoms with Crippen LogP contribution in [0.2, 0.25) is 0 Å². The summed E-state index contributed by atoms with van der Waals surface area (Å²) in [5.74, 6) is 0.635. The van der Waals surface area contributed by atoms with Crippen molar-refractivity contribution in [3.63, 3.8) is 0 Å². The highest BCUT2D eigenvalue weighted by Gasteiger charge is 2.38. The molecule has 0 fully saturated rings. The molecule has 1 aliphatic rings. The van der Waals surface area contributed by atoms with Gasteiger partial charge in [-0.15, -0.1) is 18.3 Å². The molecule has 0 aromatic heterocycles. The van der Waals surface area contributed by atoms with E-state index < -0.39 is 6.10 Å². The predicted octanol–water partition coefficient (Wildman–Crippen LogP) is 4.59. The van der Waals surface area contributed by atoms with Crippen molar-refractivity contribution >= 4 is 23.4 Å². The van der Waals surface area contributed by atoms with Crippen molar-refractivity contribution in [3.05, 3.63) is 79.5 Å². The standard InChI is InChI=1S/C21H21NO3S/c1-4-14-25-19-20(15-10-12-16(24-3)13-11-15)26-18-9-7-6-8-17(18)22(5-2)21(19)23/h4-13,19-20H,1-2,14H2,3H3/t19-,20+/m1/s1. The largest absolute Gasteiger partial charge is 0.497 e. The van der Waals surface area contributed by atoms with E-state index in [2.05, 4.69) is 13.2 Å². The van der Waals surface area contributed by atoms with Crippen LogP contribution in [0.15, 0.2) is 78.9 Å². The summed E-state index contributed by atoms with van der Waals surface area (Å²) in [6.07, 6.45) is 2.54. The second-order valence-corrected chi connectivity index (χ2v) is 6.90. The SMILES string of the molecule is C=CCO[C@H]1C(=O)N(C=C)c2ccccc2S[C@H]1c1ccc(OC)cc1. The van der Waals surface area contributed by atoms with E-state index in [1.54, 1.807) is 36.0 Å². The lowest BCUT2D eigenvalue weighted by Crippen LogP contribution is -2.39. The van der Waals surface area contributed by atoms with Gasteiger partial charge in [-0.1, -0.05) is 36.9 Å². The Labute approximate surface area is 158 Å². The number of hydrogen-bond acceptors (Lipinski definition) is 4. The van der Waals surface area contributed by atoms with Crippen LogP contribution >= 0.6 is 11.8 Å². The zero-order chi connectivity index (χ0) is 18.5. The lowest BCUT2D eigenvalue weighted by molar-refractivity contribution is -0.128. The Hall–Kier alpha value is -2.50. The number of amides is 1. The summed E-state index contributed by atoms with van der Waals surface area (Å²) in [4.78, 5) is 15.8. The molecule has 2 atom stereocenters. The molecule has 0 bridgehead atoms. The number of anilines is 1.